The van der Waals surface area contributed by atoms with Gasteiger partial charge in [-0.05, 0) is 6.92 Å². The van der Waals surface area contributed by atoms with E-state index in [1.54, 1.807) is 0 Å². The summed E-state index contributed by atoms with van der Waals surface area (Å²) in [5.41, 5.74) is 0. The lowest BCUT2D eigenvalue weighted by atomic mass is 9.92. The van der Waals surface area contributed by atoms with Gasteiger partial charge in [-0.15, -0.1) is 0 Å². The summed E-state index contributed by atoms with van der Waals surface area (Å²) in [5, 5.41) is 209. The first-order valence-electron chi connectivity index (χ1n) is 28.9. The zero-order valence-electron chi connectivity index (χ0n) is 49.1. The zero-order valence-corrected chi connectivity index (χ0v) is 49.1. The molecule has 39 heteroatoms. The molecular weight excluding hydrogens is 1230 g/mol. The van der Waals surface area contributed by atoms with Crippen LogP contribution in [0.15, 0.2) is 0 Å². The molecule has 4 amide bonds. The Morgan fingerprint density at radius 3 is 1.02 bits per heavy atom. The third-order valence-electron chi connectivity index (χ3n) is 16.4. The second kappa shape index (κ2) is 32.4. The zero-order chi connectivity index (χ0) is 66.5. The van der Waals surface area contributed by atoms with Gasteiger partial charge in [-0.3, -0.25) is 19.2 Å². The fraction of sp³-hybridized carbons (Fsp3) is 0.922. The van der Waals surface area contributed by atoms with E-state index >= 15 is 0 Å². The van der Waals surface area contributed by atoms with Crippen molar-refractivity contribution in [1.29, 1.82) is 0 Å². The number of carbonyl (C=O) groups is 4. The summed E-state index contributed by atoms with van der Waals surface area (Å²) in [6.45, 7) is -1.24. The van der Waals surface area contributed by atoms with E-state index in [1.165, 1.54) is 6.92 Å². The van der Waals surface area contributed by atoms with Crippen LogP contribution in [0.3, 0.4) is 0 Å². The monoisotopic (exact) mass is 1310 g/mol. The molecule has 0 aromatic rings. The molecule has 0 bridgehead atoms. The van der Waals surface area contributed by atoms with Crippen LogP contribution in [0.4, 0.5) is 0 Å². The number of amides is 4. The van der Waals surface area contributed by atoms with Crippen molar-refractivity contribution < 1.29 is 173 Å². The summed E-state index contributed by atoms with van der Waals surface area (Å²) in [4.78, 5) is 49.7. The molecular formula is C51H86N4O35. The molecule has 0 saturated carbocycles. The van der Waals surface area contributed by atoms with Crippen molar-refractivity contribution in [3.63, 3.8) is 0 Å². The molecule has 35 atom stereocenters. The molecule has 0 aromatic carbocycles. The highest BCUT2D eigenvalue weighted by molar-refractivity contribution is 5.74. The highest BCUT2D eigenvalue weighted by Crippen LogP contribution is 2.38. The van der Waals surface area contributed by atoms with E-state index in [0.717, 1.165) is 27.7 Å². The van der Waals surface area contributed by atoms with Crippen LogP contribution in [0.1, 0.15) is 34.6 Å². The van der Waals surface area contributed by atoms with Gasteiger partial charge < -0.3 is 175 Å². The third-order valence-corrected chi connectivity index (χ3v) is 16.4. The van der Waals surface area contributed by atoms with E-state index in [2.05, 4.69) is 21.3 Å². The largest absolute Gasteiger partial charge is 0.394 e. The lowest BCUT2D eigenvalue weighted by Crippen LogP contribution is -2.70. The molecule has 7 fully saturated rings. The van der Waals surface area contributed by atoms with Crippen LogP contribution >= 0.6 is 0 Å². The van der Waals surface area contributed by atoms with Gasteiger partial charge in [0, 0.05) is 27.7 Å². The van der Waals surface area contributed by atoms with Gasteiger partial charge in [0.25, 0.3) is 0 Å². The first-order valence-corrected chi connectivity index (χ1v) is 28.9. The lowest BCUT2D eigenvalue weighted by Gasteiger charge is -2.51. The summed E-state index contributed by atoms with van der Waals surface area (Å²) in [5.74, 6) is -3.06. The molecule has 0 aromatic heterocycles. The summed E-state index contributed by atoms with van der Waals surface area (Å²) in [6.07, 6.45) is -59.7. The number of carbonyl (C=O) groups excluding carboxylic acids is 4. The van der Waals surface area contributed by atoms with Crippen LogP contribution in [-0.4, -0.2) is 376 Å². The van der Waals surface area contributed by atoms with Crippen LogP contribution in [-0.2, 0) is 80.8 Å². The summed E-state index contributed by atoms with van der Waals surface area (Å²) in [6, 6.07) is -6.32. The minimum atomic E-state index is -2.42. The minimum Gasteiger partial charge on any atom is -0.394 e. The van der Waals surface area contributed by atoms with Gasteiger partial charge in [-0.1, -0.05) is 0 Å². The standard InChI is InChI=1S/C51H86N4O35/c1-13-25(52-14(2)62)36(73)41(22(10-60)79-13)86-48-28(55-17(5)65)37(74)42(23(11-61)84-48)87-49-40(77)43(88-51-45(39(76)32(69)21(9-59)83-51)90-47-27(54-16(4)64)35(72)30(67)19(7-57)81-47)33(70)24(85-49)12-78-50-44(38(75)31(68)20(8-58)82-50)89-46-26(53-15(3)63)34(71)29(66)18(6-56)80-46/h13,18-51,56-61,66-77H,6-12H2,1-5H3,(H,52,62)(H,53,63)(H,54,64)(H,55,65)/t13-,18-,19?,20?,21+,22?,23?,24?,25?,26?,27?,28?,29+,30+,31+,32+,33+,34?,35+,36+,37+,38-,39?,40?,41+,42+,43-,44?,45?,46-,47-,48-,49-,50-,51+/m0/s1. The van der Waals surface area contributed by atoms with Crippen LogP contribution in [0, 0.1) is 0 Å². The smallest absolute Gasteiger partial charge is 0.217 e. The second-order valence-corrected chi connectivity index (χ2v) is 22.9. The van der Waals surface area contributed by atoms with Gasteiger partial charge >= 0.3 is 0 Å². The van der Waals surface area contributed by atoms with Crippen LogP contribution < -0.4 is 21.3 Å². The van der Waals surface area contributed by atoms with Gasteiger partial charge in [0.05, 0.1) is 58.4 Å². The number of ether oxygens (including phenoxy) is 13. The first-order chi connectivity index (χ1) is 42.5. The first kappa shape index (κ1) is 74.0. The van der Waals surface area contributed by atoms with Gasteiger partial charge in [-0.25, -0.2) is 0 Å². The Morgan fingerprint density at radius 2 is 0.600 bits per heavy atom. The van der Waals surface area contributed by atoms with Crippen molar-refractivity contribution >= 4 is 23.6 Å². The quantitative estimate of drug-likeness (QED) is 0.0452. The number of hydrogen-bond donors (Lipinski definition) is 22. The highest BCUT2D eigenvalue weighted by Gasteiger charge is 2.59. The molecule has 0 radical (unpaired) electrons. The molecule has 14 unspecified atom stereocenters. The Kier molecular flexibility index (Phi) is 26.6. The summed E-state index contributed by atoms with van der Waals surface area (Å²) < 4.78 is 77.4. The van der Waals surface area contributed by atoms with Gasteiger partial charge in [0.15, 0.2) is 37.7 Å². The van der Waals surface area contributed by atoms with Crippen LogP contribution in [0.2, 0.25) is 0 Å². The Hall–Kier alpha value is -3.36. The molecule has 7 saturated heterocycles. The Labute approximate surface area is 512 Å². The maximum absolute atomic E-state index is 12.8. The molecule has 7 heterocycles. The van der Waals surface area contributed by atoms with Crippen molar-refractivity contribution in [2.45, 2.75) is 249 Å². The molecule has 90 heavy (non-hydrogen) atoms. The number of nitrogens with one attached hydrogen (secondary N) is 4. The Bertz CT molecular complexity index is 2310. The summed E-state index contributed by atoms with van der Waals surface area (Å²) >= 11 is 0. The van der Waals surface area contributed by atoms with Crippen LogP contribution in [0.25, 0.3) is 0 Å². The van der Waals surface area contributed by atoms with E-state index in [1.807, 2.05) is 0 Å². The molecule has 7 aliphatic heterocycles. The predicted octanol–water partition coefficient (Wildman–Crippen LogP) is -14.6. The molecule has 0 spiro atoms. The van der Waals surface area contributed by atoms with Gasteiger partial charge in [-0.2, -0.15) is 0 Å². The van der Waals surface area contributed by atoms with E-state index < -0.39 is 284 Å². The lowest BCUT2D eigenvalue weighted by molar-refractivity contribution is -0.395. The number of aliphatic hydroxyl groups excluding tert-OH is 18. The molecule has 22 N–H and O–H groups in total. The fourth-order valence-corrected chi connectivity index (χ4v) is 11.7. The average molecular weight is 1320 g/mol. The number of aliphatic hydroxyl groups is 18. The van der Waals surface area contributed by atoms with Crippen molar-refractivity contribution in [3.8, 4) is 0 Å². The Balaban J connectivity index is 1.25. The molecule has 520 valence electrons. The van der Waals surface area contributed by atoms with E-state index in [4.69, 9.17) is 61.6 Å². The predicted molar refractivity (Wildman–Crippen MR) is 282 cm³/mol. The van der Waals surface area contributed by atoms with Gasteiger partial charge in [0.2, 0.25) is 23.6 Å². The molecule has 39 nitrogen and oxygen atoms in total. The highest BCUT2D eigenvalue weighted by atomic mass is 16.8. The minimum absolute atomic E-state index is 0.591. The van der Waals surface area contributed by atoms with Crippen molar-refractivity contribution in [3.05, 3.63) is 0 Å². The van der Waals surface area contributed by atoms with Crippen molar-refractivity contribution in [2.24, 2.45) is 0 Å². The van der Waals surface area contributed by atoms with E-state index in [9.17, 15) is 111 Å². The molecule has 7 aliphatic rings. The third kappa shape index (κ3) is 16.5. The number of hydrogen-bond acceptors (Lipinski definition) is 35. The fourth-order valence-electron chi connectivity index (χ4n) is 11.7. The topological polar surface area (TPSA) is 601 Å². The maximum atomic E-state index is 12.8. The SMILES string of the molecule is CC(=O)NC1C(O)[C@H](O)[C@H](CO)O[C@H]1OC1[C@@H](OCC2O[C@@H](O[C@@H]3C(CO)O[C@@H](O[C@@H]4C(CO)O[C@@H](C)C(NC(C)=O)[C@H]4O)C(NC(C)=O)[C@H]3O)C(O)[C@@H](O[C@H]3O[C@H](CO)[C@@H](O)C(O)C3O[C@@H]3OC(CO)[C@@H](O)[C@H](O)C3NC(C)=O)[C@@H]2O)OC(CO)[C@@H](O)[C@@H]1O. The summed E-state index contributed by atoms with van der Waals surface area (Å²) in [7, 11) is 0. The van der Waals surface area contributed by atoms with Crippen molar-refractivity contribution in [1.82, 2.24) is 21.3 Å². The average Bonchev–Trinajstić information content (AvgIpc) is 0.859. The van der Waals surface area contributed by atoms with Crippen molar-refractivity contribution in [2.75, 3.05) is 46.2 Å². The molecule has 0 aliphatic carbocycles. The van der Waals surface area contributed by atoms with Gasteiger partial charge in [0.1, 0.15) is 165 Å². The normalized spacial score (nSPS) is 47.6. The number of rotatable bonds is 23. The Morgan fingerprint density at radius 1 is 0.300 bits per heavy atom. The molecule has 7 rings (SSSR count). The maximum Gasteiger partial charge on any atom is 0.217 e. The second-order valence-electron chi connectivity index (χ2n) is 22.9. The van der Waals surface area contributed by atoms with E-state index in [0.29, 0.717) is 0 Å². The van der Waals surface area contributed by atoms with Crippen LogP contribution in [0.5, 0.6) is 0 Å². The van der Waals surface area contributed by atoms with E-state index in [-0.39, 0.29) is 0 Å².